The van der Waals surface area contributed by atoms with Crippen molar-refractivity contribution in [2.75, 3.05) is 5.32 Å². The minimum atomic E-state index is -0.404. The van der Waals surface area contributed by atoms with Gasteiger partial charge in [-0.2, -0.15) is 10.4 Å². The van der Waals surface area contributed by atoms with Crippen molar-refractivity contribution in [1.82, 2.24) is 20.2 Å². The number of anilines is 2. The van der Waals surface area contributed by atoms with Crippen molar-refractivity contribution in [2.45, 2.75) is 44.2 Å². The fraction of sp³-hybridized carbons (Fsp3) is 0.333. The molecule has 0 spiro atoms. The molecule has 30 heavy (non-hydrogen) atoms. The van der Waals surface area contributed by atoms with E-state index in [9.17, 15) is 4.39 Å². The third-order valence-corrected chi connectivity index (χ3v) is 5.06. The van der Waals surface area contributed by atoms with Crippen LogP contribution in [-0.4, -0.2) is 32.3 Å². The lowest BCUT2D eigenvalue weighted by Crippen LogP contribution is -2.27. The van der Waals surface area contributed by atoms with Crippen LogP contribution in [0, 0.1) is 17.1 Å². The highest BCUT2D eigenvalue weighted by Gasteiger charge is 2.22. The zero-order valence-corrected chi connectivity index (χ0v) is 16.3. The van der Waals surface area contributed by atoms with Gasteiger partial charge in [0, 0.05) is 12.1 Å². The highest BCUT2D eigenvalue weighted by atomic mass is 19.1. The number of aromatic nitrogens is 4. The number of nitriles is 1. The second-order valence-corrected chi connectivity index (χ2v) is 7.32. The molecule has 2 aromatic heterocycles. The summed E-state index contributed by atoms with van der Waals surface area (Å²) in [7, 11) is 0. The first-order chi connectivity index (χ1) is 14.6. The number of ether oxygens (including phenoxy) is 1. The molecular formula is C21H22FN7O. The molecule has 1 aliphatic carbocycles. The van der Waals surface area contributed by atoms with Crippen LogP contribution in [0.2, 0.25) is 0 Å². The van der Waals surface area contributed by atoms with Gasteiger partial charge in [0.1, 0.15) is 29.6 Å². The minimum absolute atomic E-state index is 0.0440. The van der Waals surface area contributed by atoms with Crippen LogP contribution >= 0.6 is 0 Å². The molecule has 0 saturated heterocycles. The highest BCUT2D eigenvalue weighted by Crippen LogP contribution is 2.35. The van der Waals surface area contributed by atoms with Gasteiger partial charge in [-0.15, -0.1) is 0 Å². The molecule has 3 aromatic rings. The summed E-state index contributed by atoms with van der Waals surface area (Å²) in [5.41, 5.74) is 7.16. The van der Waals surface area contributed by atoms with E-state index in [4.69, 9.17) is 15.7 Å². The van der Waals surface area contributed by atoms with E-state index >= 15 is 0 Å². The average Bonchev–Trinajstić information content (AvgIpc) is 3.09. The molecule has 0 bridgehead atoms. The van der Waals surface area contributed by atoms with Crippen LogP contribution in [0.1, 0.15) is 37.8 Å². The molecule has 9 heteroatoms. The molecule has 0 amide bonds. The molecule has 1 saturated carbocycles. The molecule has 4 N–H and O–H groups in total. The number of halogens is 1. The zero-order valence-electron chi connectivity index (χ0n) is 16.3. The van der Waals surface area contributed by atoms with E-state index in [-0.39, 0.29) is 17.8 Å². The second kappa shape index (κ2) is 8.88. The number of aromatic amines is 1. The fourth-order valence-corrected chi connectivity index (χ4v) is 3.60. The summed E-state index contributed by atoms with van der Waals surface area (Å²) in [6.07, 6.45) is 7.52. The Balaban J connectivity index is 1.56. The van der Waals surface area contributed by atoms with Crippen molar-refractivity contribution in [2.24, 2.45) is 5.73 Å². The summed E-state index contributed by atoms with van der Waals surface area (Å²) in [6, 6.07) is 8.46. The van der Waals surface area contributed by atoms with Crippen LogP contribution < -0.4 is 15.8 Å². The van der Waals surface area contributed by atoms with Crippen molar-refractivity contribution in [3.8, 4) is 23.1 Å². The predicted molar refractivity (Wildman–Crippen MR) is 109 cm³/mol. The van der Waals surface area contributed by atoms with E-state index in [1.807, 2.05) is 6.07 Å². The lowest BCUT2D eigenvalue weighted by molar-refractivity contribution is 0.178. The summed E-state index contributed by atoms with van der Waals surface area (Å²) in [5.74, 6) is 0.917. The van der Waals surface area contributed by atoms with Gasteiger partial charge in [0.25, 0.3) is 0 Å². The molecule has 1 aliphatic rings. The normalized spacial score (nSPS) is 19.0. The van der Waals surface area contributed by atoms with E-state index in [0.717, 1.165) is 32.1 Å². The summed E-state index contributed by atoms with van der Waals surface area (Å²) in [6.45, 7) is 0. The zero-order chi connectivity index (χ0) is 20.9. The molecule has 0 aliphatic heterocycles. The third kappa shape index (κ3) is 4.55. The maximum absolute atomic E-state index is 14.7. The first-order valence-electron chi connectivity index (χ1n) is 9.88. The van der Waals surface area contributed by atoms with Crippen LogP contribution in [0.5, 0.6) is 5.75 Å². The number of benzene rings is 1. The molecular weight excluding hydrogens is 385 g/mol. The monoisotopic (exact) mass is 407 g/mol. The highest BCUT2D eigenvalue weighted by molar-refractivity contribution is 5.71. The summed E-state index contributed by atoms with van der Waals surface area (Å²) < 4.78 is 20.9. The maximum Gasteiger partial charge on any atom is 0.158 e. The van der Waals surface area contributed by atoms with E-state index < -0.39 is 5.82 Å². The smallest absolute Gasteiger partial charge is 0.158 e. The number of nitrogens with zero attached hydrogens (tertiary/aromatic N) is 4. The number of nitrogens with one attached hydrogen (secondary N) is 2. The Bertz CT molecular complexity index is 1040. The minimum Gasteiger partial charge on any atom is -0.490 e. The maximum atomic E-state index is 14.7. The Morgan fingerprint density at radius 1 is 1.20 bits per heavy atom. The Morgan fingerprint density at radius 2 is 2.07 bits per heavy atom. The van der Waals surface area contributed by atoms with Crippen LogP contribution in [-0.2, 0) is 0 Å². The van der Waals surface area contributed by atoms with Gasteiger partial charge in [0.05, 0.1) is 23.7 Å². The summed E-state index contributed by atoms with van der Waals surface area (Å²) in [4.78, 5) is 8.05. The molecule has 1 fully saturated rings. The average molecular weight is 407 g/mol. The molecule has 4 rings (SSSR count). The first kappa shape index (κ1) is 19.8. The van der Waals surface area contributed by atoms with Crippen molar-refractivity contribution >= 4 is 11.6 Å². The Hall–Kier alpha value is -3.51. The van der Waals surface area contributed by atoms with E-state index in [2.05, 4.69) is 25.5 Å². The lowest BCUT2D eigenvalue weighted by Gasteiger charge is -2.21. The summed E-state index contributed by atoms with van der Waals surface area (Å²) >= 11 is 0. The number of rotatable bonds is 5. The van der Waals surface area contributed by atoms with Gasteiger partial charge in [-0.25, -0.2) is 14.4 Å². The largest absolute Gasteiger partial charge is 0.490 e. The Labute approximate surface area is 173 Å². The van der Waals surface area contributed by atoms with Crippen molar-refractivity contribution in [3.05, 3.63) is 48.2 Å². The molecule has 0 unspecified atom stereocenters. The van der Waals surface area contributed by atoms with Crippen LogP contribution in [0.3, 0.4) is 0 Å². The van der Waals surface area contributed by atoms with Gasteiger partial charge in [0.2, 0.25) is 0 Å². The standard InChI is InChI=1S/C21H22FN7O/c22-16-6-3-7-18(30-15-5-2-1-4-13(24)8-15)21(16)17-9-19(29-28-17)27-20-12-25-14(10-23)11-26-20/h3,6-7,9,11-13,15H,1-2,4-5,8,24H2,(H2,26,27,28,29)/t13-,15-/m1/s1. The van der Waals surface area contributed by atoms with E-state index in [1.165, 1.54) is 18.5 Å². The topological polar surface area (TPSA) is 126 Å². The Morgan fingerprint density at radius 3 is 2.87 bits per heavy atom. The molecule has 154 valence electrons. The van der Waals surface area contributed by atoms with Gasteiger partial charge in [-0.05, 0) is 37.8 Å². The fourth-order valence-electron chi connectivity index (χ4n) is 3.60. The SMILES string of the molecule is N#Cc1cnc(Nc2cc(-c3c(F)cccc3O[C@@H]3CCCC[C@@H](N)C3)[nH]n2)cn1. The number of H-pyrrole nitrogens is 1. The molecule has 8 nitrogen and oxygen atoms in total. The molecule has 0 radical (unpaired) electrons. The third-order valence-electron chi connectivity index (χ3n) is 5.06. The van der Waals surface area contributed by atoms with E-state index in [0.29, 0.717) is 28.6 Å². The van der Waals surface area contributed by atoms with Crippen molar-refractivity contribution in [3.63, 3.8) is 0 Å². The Kier molecular flexibility index (Phi) is 5.86. The number of hydrogen-bond donors (Lipinski definition) is 3. The number of hydrogen-bond acceptors (Lipinski definition) is 7. The van der Waals surface area contributed by atoms with Crippen LogP contribution in [0.4, 0.5) is 16.0 Å². The molecule has 1 aromatic carbocycles. The van der Waals surface area contributed by atoms with Crippen molar-refractivity contribution in [1.29, 1.82) is 5.26 Å². The van der Waals surface area contributed by atoms with Gasteiger partial charge in [-0.3, -0.25) is 5.10 Å². The van der Waals surface area contributed by atoms with Gasteiger partial charge >= 0.3 is 0 Å². The van der Waals surface area contributed by atoms with Crippen LogP contribution in [0.15, 0.2) is 36.7 Å². The molecule has 2 heterocycles. The van der Waals surface area contributed by atoms with Gasteiger partial charge < -0.3 is 15.8 Å². The number of nitrogens with two attached hydrogens (primary N) is 1. The van der Waals surface area contributed by atoms with E-state index in [1.54, 1.807) is 18.2 Å². The van der Waals surface area contributed by atoms with Gasteiger partial charge in [-0.1, -0.05) is 12.5 Å². The predicted octanol–water partition coefficient (Wildman–Crippen LogP) is 3.66. The van der Waals surface area contributed by atoms with Crippen molar-refractivity contribution < 1.29 is 9.13 Å². The van der Waals surface area contributed by atoms with Crippen LogP contribution in [0.25, 0.3) is 11.3 Å². The lowest BCUT2D eigenvalue weighted by atomic mass is 10.1. The summed E-state index contributed by atoms with van der Waals surface area (Å²) in [5, 5.41) is 18.8. The second-order valence-electron chi connectivity index (χ2n) is 7.32. The van der Waals surface area contributed by atoms with Gasteiger partial charge in [0.15, 0.2) is 11.5 Å². The molecule has 2 atom stereocenters. The quantitative estimate of drug-likeness (QED) is 0.551. The first-order valence-corrected chi connectivity index (χ1v) is 9.88.